The van der Waals surface area contributed by atoms with E-state index in [2.05, 4.69) is 15.9 Å². The van der Waals surface area contributed by atoms with Crippen molar-refractivity contribution in [2.45, 2.75) is 31.2 Å². The van der Waals surface area contributed by atoms with Crippen molar-refractivity contribution in [3.8, 4) is 0 Å². The third kappa shape index (κ3) is 3.94. The quantitative estimate of drug-likeness (QED) is 0.834. The number of carboxylic acids is 1. The van der Waals surface area contributed by atoms with Crippen LogP contribution in [0.4, 0.5) is 0 Å². The molecule has 3 N–H and O–H groups in total. The molecule has 1 aliphatic carbocycles. The summed E-state index contributed by atoms with van der Waals surface area (Å²) in [5.41, 5.74) is 4.61. The normalized spacial score (nSPS) is 17.4. The van der Waals surface area contributed by atoms with Crippen LogP contribution in [-0.4, -0.2) is 16.6 Å². The third-order valence-electron chi connectivity index (χ3n) is 2.65. The molecule has 1 aromatic rings. The minimum Gasteiger partial charge on any atom is -0.480 e. The monoisotopic (exact) mass is 285 g/mol. The maximum absolute atomic E-state index is 10.4. The first-order valence-electron chi connectivity index (χ1n) is 5.27. The van der Waals surface area contributed by atoms with Gasteiger partial charge in [0, 0.05) is 4.47 Å². The Morgan fingerprint density at radius 1 is 1.25 bits per heavy atom. The van der Waals surface area contributed by atoms with Crippen LogP contribution in [0.1, 0.15) is 25.7 Å². The Morgan fingerprint density at radius 3 is 2.00 bits per heavy atom. The van der Waals surface area contributed by atoms with E-state index in [1.807, 2.05) is 30.3 Å². The molecule has 0 bridgehead atoms. The molecule has 88 valence electrons. The lowest BCUT2D eigenvalue weighted by Crippen LogP contribution is -2.44. The van der Waals surface area contributed by atoms with Gasteiger partial charge in [0.05, 0.1) is 0 Å². The predicted octanol–water partition coefficient (Wildman–Crippen LogP) is 2.79. The molecular formula is C12H16BrNO2. The molecule has 3 nitrogen and oxygen atoms in total. The maximum Gasteiger partial charge on any atom is 0.323 e. The molecule has 1 aliphatic rings. The average Bonchev–Trinajstić information content (AvgIpc) is 2.69. The predicted molar refractivity (Wildman–Crippen MR) is 67.2 cm³/mol. The van der Waals surface area contributed by atoms with E-state index in [1.54, 1.807) is 0 Å². The lowest BCUT2D eigenvalue weighted by molar-refractivity contribution is -0.143. The Labute approximate surface area is 104 Å². The summed E-state index contributed by atoms with van der Waals surface area (Å²) in [5.74, 6) is -0.847. The molecule has 0 saturated heterocycles. The van der Waals surface area contributed by atoms with E-state index in [9.17, 15) is 4.79 Å². The van der Waals surface area contributed by atoms with Crippen molar-refractivity contribution in [1.29, 1.82) is 0 Å². The van der Waals surface area contributed by atoms with Crippen molar-refractivity contribution in [2.75, 3.05) is 0 Å². The molecule has 1 saturated carbocycles. The van der Waals surface area contributed by atoms with Crippen LogP contribution in [0.2, 0.25) is 0 Å². The van der Waals surface area contributed by atoms with Gasteiger partial charge in [0.25, 0.3) is 0 Å². The number of nitrogens with two attached hydrogens (primary N) is 1. The number of carboxylic acid groups (broad SMARTS) is 1. The van der Waals surface area contributed by atoms with Gasteiger partial charge < -0.3 is 10.8 Å². The molecule has 2 rings (SSSR count). The molecule has 0 radical (unpaired) electrons. The van der Waals surface area contributed by atoms with Crippen LogP contribution >= 0.6 is 15.9 Å². The SMILES string of the molecule is Brc1ccccc1.NC1(C(=O)O)CCCC1. The molecule has 4 heteroatoms. The first-order chi connectivity index (χ1) is 7.54. The smallest absolute Gasteiger partial charge is 0.323 e. The Morgan fingerprint density at radius 2 is 1.75 bits per heavy atom. The fourth-order valence-electron chi connectivity index (χ4n) is 1.63. The lowest BCUT2D eigenvalue weighted by Gasteiger charge is -2.15. The Kier molecular flexibility index (Phi) is 4.96. The van der Waals surface area contributed by atoms with Gasteiger partial charge in [-0.3, -0.25) is 4.79 Å². The van der Waals surface area contributed by atoms with Crippen molar-refractivity contribution in [1.82, 2.24) is 0 Å². The van der Waals surface area contributed by atoms with Crippen molar-refractivity contribution in [3.63, 3.8) is 0 Å². The second-order valence-corrected chi connectivity index (χ2v) is 4.88. The zero-order valence-corrected chi connectivity index (χ0v) is 10.6. The van der Waals surface area contributed by atoms with E-state index in [0.29, 0.717) is 12.8 Å². The van der Waals surface area contributed by atoms with Crippen LogP contribution < -0.4 is 5.73 Å². The van der Waals surface area contributed by atoms with Gasteiger partial charge in [0.1, 0.15) is 5.54 Å². The second kappa shape index (κ2) is 6.01. The summed E-state index contributed by atoms with van der Waals surface area (Å²) in [6.45, 7) is 0. The highest BCUT2D eigenvalue weighted by molar-refractivity contribution is 9.10. The van der Waals surface area contributed by atoms with E-state index >= 15 is 0 Å². The highest BCUT2D eigenvalue weighted by Gasteiger charge is 2.36. The van der Waals surface area contributed by atoms with Crippen LogP contribution in [0, 0.1) is 0 Å². The summed E-state index contributed by atoms with van der Waals surface area (Å²) in [4.78, 5) is 10.4. The van der Waals surface area contributed by atoms with E-state index in [0.717, 1.165) is 17.3 Å². The lowest BCUT2D eigenvalue weighted by atomic mass is 10.0. The highest BCUT2D eigenvalue weighted by atomic mass is 79.9. The summed E-state index contributed by atoms with van der Waals surface area (Å²) in [6, 6.07) is 9.97. The summed E-state index contributed by atoms with van der Waals surface area (Å²) in [7, 11) is 0. The van der Waals surface area contributed by atoms with Crippen molar-refractivity contribution in [2.24, 2.45) is 5.73 Å². The van der Waals surface area contributed by atoms with Gasteiger partial charge in [-0.25, -0.2) is 0 Å². The Bertz CT molecular complexity index is 334. The Balaban J connectivity index is 0.000000165. The van der Waals surface area contributed by atoms with Gasteiger partial charge in [-0.15, -0.1) is 0 Å². The van der Waals surface area contributed by atoms with Crippen LogP contribution in [0.3, 0.4) is 0 Å². The molecule has 1 fully saturated rings. The molecule has 0 aromatic heterocycles. The molecule has 0 unspecified atom stereocenters. The van der Waals surface area contributed by atoms with Crippen LogP contribution in [0.15, 0.2) is 34.8 Å². The van der Waals surface area contributed by atoms with Gasteiger partial charge in [-0.05, 0) is 25.0 Å². The molecule has 16 heavy (non-hydrogen) atoms. The molecule has 0 aliphatic heterocycles. The minimum atomic E-state index is -0.889. The van der Waals surface area contributed by atoms with E-state index in [-0.39, 0.29) is 0 Å². The van der Waals surface area contributed by atoms with E-state index in [1.165, 1.54) is 0 Å². The van der Waals surface area contributed by atoms with Gasteiger partial charge in [-0.1, -0.05) is 47.0 Å². The number of aliphatic carboxylic acids is 1. The molecule has 0 amide bonds. The summed E-state index contributed by atoms with van der Waals surface area (Å²) < 4.78 is 1.13. The highest BCUT2D eigenvalue weighted by Crippen LogP contribution is 2.26. The third-order valence-corrected chi connectivity index (χ3v) is 3.18. The molecular weight excluding hydrogens is 270 g/mol. The summed E-state index contributed by atoms with van der Waals surface area (Å²) in [5, 5.41) is 8.55. The number of hydrogen-bond donors (Lipinski definition) is 2. The fourth-order valence-corrected chi connectivity index (χ4v) is 1.94. The molecule has 0 heterocycles. The number of halogens is 1. The molecule has 1 aromatic carbocycles. The average molecular weight is 286 g/mol. The van der Waals surface area contributed by atoms with Gasteiger partial charge in [-0.2, -0.15) is 0 Å². The first-order valence-corrected chi connectivity index (χ1v) is 6.07. The molecule has 0 atom stereocenters. The van der Waals surface area contributed by atoms with E-state index < -0.39 is 11.5 Å². The summed E-state index contributed by atoms with van der Waals surface area (Å²) >= 11 is 3.31. The van der Waals surface area contributed by atoms with Crippen LogP contribution in [0.5, 0.6) is 0 Å². The van der Waals surface area contributed by atoms with Gasteiger partial charge >= 0.3 is 5.97 Å². The second-order valence-electron chi connectivity index (χ2n) is 3.96. The standard InChI is InChI=1S/C6H5Br.C6H11NO2/c7-6-4-2-1-3-5-6;7-6(5(8)9)3-1-2-4-6/h1-5H;1-4,7H2,(H,8,9). The van der Waals surface area contributed by atoms with Crippen molar-refractivity contribution < 1.29 is 9.90 Å². The maximum atomic E-state index is 10.4. The zero-order valence-electron chi connectivity index (χ0n) is 9.03. The number of benzene rings is 1. The minimum absolute atomic E-state index is 0.641. The van der Waals surface area contributed by atoms with Crippen molar-refractivity contribution in [3.05, 3.63) is 34.8 Å². The number of carbonyl (C=O) groups is 1. The van der Waals surface area contributed by atoms with Gasteiger partial charge in [0.2, 0.25) is 0 Å². The van der Waals surface area contributed by atoms with E-state index in [4.69, 9.17) is 10.8 Å². The molecule has 0 spiro atoms. The first kappa shape index (κ1) is 13.2. The fraction of sp³-hybridized carbons (Fsp3) is 0.417. The summed E-state index contributed by atoms with van der Waals surface area (Å²) in [6.07, 6.45) is 3.20. The largest absolute Gasteiger partial charge is 0.480 e. The van der Waals surface area contributed by atoms with Gasteiger partial charge in [0.15, 0.2) is 0 Å². The van der Waals surface area contributed by atoms with Crippen LogP contribution in [-0.2, 0) is 4.79 Å². The number of hydrogen-bond acceptors (Lipinski definition) is 2. The van der Waals surface area contributed by atoms with Crippen LogP contribution in [0.25, 0.3) is 0 Å². The zero-order chi connectivity index (χ0) is 12.0. The number of rotatable bonds is 1. The Hall–Kier alpha value is -0.870. The van der Waals surface area contributed by atoms with Crippen molar-refractivity contribution >= 4 is 21.9 Å². The topological polar surface area (TPSA) is 63.3 Å².